The molecule has 0 aliphatic carbocycles. The molecule has 3 aromatic rings. The van der Waals surface area contributed by atoms with Crippen LogP contribution in [0, 0.1) is 6.92 Å². The molecule has 0 bridgehead atoms. The van der Waals surface area contributed by atoms with Gasteiger partial charge in [0.1, 0.15) is 6.04 Å². The Bertz CT molecular complexity index is 1000. The van der Waals surface area contributed by atoms with Gasteiger partial charge in [0.25, 0.3) is 0 Å². The van der Waals surface area contributed by atoms with Gasteiger partial charge in [0.15, 0.2) is 5.78 Å². The third kappa shape index (κ3) is 4.98. The average Bonchev–Trinajstić information content (AvgIpc) is 3.16. The predicted octanol–water partition coefficient (Wildman–Crippen LogP) is 3.63. The number of hydrogen-bond donors (Lipinski definition) is 3. The van der Waals surface area contributed by atoms with Gasteiger partial charge in [0.05, 0.1) is 5.69 Å². The van der Waals surface area contributed by atoms with Gasteiger partial charge in [-0.05, 0) is 31.9 Å². The van der Waals surface area contributed by atoms with E-state index >= 15 is 0 Å². The standard InChI is InChI=1S/C21H23N5O3/c1-4-22-20-24-11-13(2)18(25-20)16-10-17(23-12-16)29-21(28)26-19(14(3)27)15-8-6-5-7-9-15/h5-12,19,23H,4H2,1-3H3,(H,26,28)(H,22,24,25). The number of hydrogen-bond acceptors (Lipinski definition) is 6. The van der Waals surface area contributed by atoms with E-state index in [1.54, 1.807) is 42.7 Å². The highest BCUT2D eigenvalue weighted by atomic mass is 16.6. The number of aromatic amines is 1. The van der Waals surface area contributed by atoms with Gasteiger partial charge in [-0.2, -0.15) is 0 Å². The van der Waals surface area contributed by atoms with Crippen molar-refractivity contribution in [3.05, 3.63) is 59.9 Å². The number of Topliss-reactive ketones (excluding diaryl/α,β-unsaturated/α-hetero) is 1. The molecule has 0 aliphatic rings. The van der Waals surface area contributed by atoms with E-state index in [9.17, 15) is 9.59 Å². The summed E-state index contributed by atoms with van der Waals surface area (Å²) in [6.07, 6.45) is 2.71. The lowest BCUT2D eigenvalue weighted by Crippen LogP contribution is -2.34. The number of nitrogens with one attached hydrogen (secondary N) is 3. The largest absolute Gasteiger partial charge is 0.414 e. The number of nitrogens with zero attached hydrogens (tertiary/aromatic N) is 2. The molecule has 1 unspecified atom stereocenters. The first-order valence-electron chi connectivity index (χ1n) is 9.28. The van der Waals surface area contributed by atoms with Crippen LogP contribution >= 0.6 is 0 Å². The van der Waals surface area contributed by atoms with E-state index in [1.165, 1.54) is 6.92 Å². The molecular weight excluding hydrogens is 370 g/mol. The SMILES string of the molecule is CCNc1ncc(C)c(-c2c[nH]c(OC(=O)NC(C(C)=O)c3ccccc3)c2)n1. The van der Waals surface area contributed by atoms with Gasteiger partial charge in [0, 0.05) is 30.6 Å². The zero-order chi connectivity index (χ0) is 20.8. The van der Waals surface area contributed by atoms with Gasteiger partial charge in [0.2, 0.25) is 11.8 Å². The van der Waals surface area contributed by atoms with Crippen LogP contribution in [-0.4, -0.2) is 33.4 Å². The van der Waals surface area contributed by atoms with Crippen molar-refractivity contribution in [3.8, 4) is 17.1 Å². The number of carbonyl (C=O) groups excluding carboxylic acids is 2. The summed E-state index contributed by atoms with van der Waals surface area (Å²) in [6, 6.07) is 9.91. The predicted molar refractivity (Wildman–Crippen MR) is 110 cm³/mol. The molecule has 3 N–H and O–H groups in total. The lowest BCUT2D eigenvalue weighted by atomic mass is 10.0. The van der Waals surface area contributed by atoms with Gasteiger partial charge >= 0.3 is 6.09 Å². The van der Waals surface area contributed by atoms with Crippen LogP contribution in [-0.2, 0) is 4.79 Å². The molecule has 0 fully saturated rings. The summed E-state index contributed by atoms with van der Waals surface area (Å²) >= 11 is 0. The highest BCUT2D eigenvalue weighted by Crippen LogP contribution is 2.25. The maximum Gasteiger partial charge on any atom is 0.414 e. The minimum absolute atomic E-state index is 0.187. The molecule has 0 aliphatic heterocycles. The third-order valence-electron chi connectivity index (χ3n) is 4.24. The number of aromatic nitrogens is 3. The molecule has 2 aromatic heterocycles. The second-order valence-electron chi connectivity index (χ2n) is 6.50. The third-order valence-corrected chi connectivity index (χ3v) is 4.24. The molecule has 150 valence electrons. The Morgan fingerprint density at radius 3 is 2.69 bits per heavy atom. The molecule has 3 rings (SSSR count). The summed E-state index contributed by atoms with van der Waals surface area (Å²) in [5.74, 6) is 0.588. The van der Waals surface area contributed by atoms with Gasteiger partial charge in [-0.1, -0.05) is 30.3 Å². The van der Waals surface area contributed by atoms with Crippen molar-refractivity contribution in [2.45, 2.75) is 26.8 Å². The van der Waals surface area contributed by atoms with E-state index in [1.807, 2.05) is 19.9 Å². The first kappa shape index (κ1) is 20.1. The summed E-state index contributed by atoms with van der Waals surface area (Å²) in [5, 5.41) is 5.67. The highest BCUT2D eigenvalue weighted by Gasteiger charge is 2.20. The quantitative estimate of drug-likeness (QED) is 0.566. The Morgan fingerprint density at radius 1 is 1.24 bits per heavy atom. The number of H-pyrrole nitrogens is 1. The van der Waals surface area contributed by atoms with Crippen LogP contribution in [0.3, 0.4) is 0 Å². The molecule has 2 heterocycles. The summed E-state index contributed by atoms with van der Waals surface area (Å²) in [6.45, 7) is 6.00. The molecule has 1 atom stereocenters. The number of ketones is 1. The molecule has 29 heavy (non-hydrogen) atoms. The van der Waals surface area contributed by atoms with E-state index in [-0.39, 0.29) is 11.7 Å². The fourth-order valence-electron chi connectivity index (χ4n) is 2.86. The van der Waals surface area contributed by atoms with E-state index in [0.29, 0.717) is 18.1 Å². The molecule has 1 amide bonds. The molecule has 0 spiro atoms. The van der Waals surface area contributed by atoms with Crippen molar-refractivity contribution in [2.75, 3.05) is 11.9 Å². The second kappa shape index (κ2) is 9.01. The summed E-state index contributed by atoms with van der Waals surface area (Å²) in [7, 11) is 0. The fraction of sp³-hybridized carbons (Fsp3) is 0.238. The van der Waals surface area contributed by atoms with Crippen LogP contribution in [0.1, 0.15) is 31.0 Å². The number of aryl methyl sites for hydroxylation is 1. The number of benzene rings is 1. The second-order valence-corrected chi connectivity index (χ2v) is 6.50. The maximum absolute atomic E-state index is 12.3. The van der Waals surface area contributed by atoms with Crippen molar-refractivity contribution in [2.24, 2.45) is 0 Å². The maximum atomic E-state index is 12.3. The van der Waals surface area contributed by atoms with E-state index in [4.69, 9.17) is 4.74 Å². The van der Waals surface area contributed by atoms with Crippen LogP contribution in [0.5, 0.6) is 5.88 Å². The normalized spacial score (nSPS) is 11.6. The van der Waals surface area contributed by atoms with E-state index in [0.717, 1.165) is 16.8 Å². The molecule has 0 saturated heterocycles. The van der Waals surface area contributed by atoms with Crippen LogP contribution in [0.25, 0.3) is 11.3 Å². The van der Waals surface area contributed by atoms with E-state index in [2.05, 4.69) is 25.6 Å². The molecule has 8 nitrogen and oxygen atoms in total. The smallest absolute Gasteiger partial charge is 0.393 e. The van der Waals surface area contributed by atoms with Crippen LogP contribution in [0.15, 0.2) is 48.8 Å². The lowest BCUT2D eigenvalue weighted by Gasteiger charge is -2.15. The molecule has 0 radical (unpaired) electrons. The number of rotatable bonds is 7. The minimum Gasteiger partial charge on any atom is -0.393 e. The Hall–Kier alpha value is -3.68. The fourth-order valence-corrected chi connectivity index (χ4v) is 2.86. The highest BCUT2D eigenvalue weighted by molar-refractivity contribution is 5.87. The van der Waals surface area contributed by atoms with Crippen molar-refractivity contribution in [1.29, 1.82) is 0 Å². The molecule has 1 aromatic carbocycles. The first-order chi connectivity index (χ1) is 14.0. The Morgan fingerprint density at radius 2 is 2.00 bits per heavy atom. The molecular formula is C21H23N5O3. The lowest BCUT2D eigenvalue weighted by molar-refractivity contribution is -0.119. The number of carbonyl (C=O) groups is 2. The average molecular weight is 393 g/mol. The van der Waals surface area contributed by atoms with E-state index < -0.39 is 12.1 Å². The number of amides is 1. The molecule has 8 heteroatoms. The topological polar surface area (TPSA) is 109 Å². The monoisotopic (exact) mass is 393 g/mol. The van der Waals surface area contributed by atoms with Crippen LogP contribution in [0.2, 0.25) is 0 Å². The van der Waals surface area contributed by atoms with Crippen molar-refractivity contribution < 1.29 is 14.3 Å². The van der Waals surface area contributed by atoms with Crippen LogP contribution < -0.4 is 15.4 Å². The van der Waals surface area contributed by atoms with Crippen LogP contribution in [0.4, 0.5) is 10.7 Å². The first-order valence-corrected chi connectivity index (χ1v) is 9.28. The Kier molecular flexibility index (Phi) is 6.23. The van der Waals surface area contributed by atoms with Gasteiger partial charge in [-0.25, -0.2) is 14.8 Å². The molecule has 0 saturated carbocycles. The van der Waals surface area contributed by atoms with Gasteiger partial charge in [-0.3, -0.25) is 4.79 Å². The van der Waals surface area contributed by atoms with Crippen molar-refractivity contribution in [3.63, 3.8) is 0 Å². The summed E-state index contributed by atoms with van der Waals surface area (Å²) in [4.78, 5) is 35.9. The Labute approximate surface area is 168 Å². The summed E-state index contributed by atoms with van der Waals surface area (Å²) in [5.41, 5.74) is 3.07. The summed E-state index contributed by atoms with van der Waals surface area (Å²) < 4.78 is 5.32. The minimum atomic E-state index is -0.773. The number of ether oxygens (including phenoxy) is 1. The van der Waals surface area contributed by atoms with Crippen molar-refractivity contribution in [1.82, 2.24) is 20.3 Å². The van der Waals surface area contributed by atoms with Crippen molar-refractivity contribution >= 4 is 17.8 Å². The zero-order valence-corrected chi connectivity index (χ0v) is 16.5. The Balaban J connectivity index is 1.72. The zero-order valence-electron chi connectivity index (χ0n) is 16.5. The van der Waals surface area contributed by atoms with Gasteiger partial charge < -0.3 is 20.4 Å². The number of anilines is 1. The van der Waals surface area contributed by atoms with Gasteiger partial charge in [-0.15, -0.1) is 0 Å².